The number of Topliss-reactive ketones (excluding diaryl/α,β-unsaturated/α-hetero) is 1. The lowest BCUT2D eigenvalue weighted by molar-refractivity contribution is -0.110. The molecule has 0 spiro atoms. The topological polar surface area (TPSA) is 65.2 Å². The molecule has 3 heterocycles. The summed E-state index contributed by atoms with van der Waals surface area (Å²) in [7, 11) is 0. The third-order valence-corrected chi connectivity index (χ3v) is 6.38. The Morgan fingerprint density at radius 3 is 2.76 bits per heavy atom. The summed E-state index contributed by atoms with van der Waals surface area (Å²) in [6.45, 7) is 7.21. The fourth-order valence-corrected chi connectivity index (χ4v) is 4.74. The van der Waals surface area contributed by atoms with Gasteiger partial charge in [-0.05, 0) is 82.6 Å². The molecule has 1 amide bonds. The lowest BCUT2D eigenvalue weighted by atomic mass is 10.0. The molecule has 0 aliphatic carbocycles. The molecule has 0 atom stereocenters. The maximum absolute atomic E-state index is 12.9. The molecule has 0 unspecified atom stereocenters. The lowest BCUT2D eigenvalue weighted by Crippen LogP contribution is -2.21. The normalized spacial score (nSPS) is 17.8. The summed E-state index contributed by atoms with van der Waals surface area (Å²) < 4.78 is 0.923. The van der Waals surface area contributed by atoms with E-state index in [1.54, 1.807) is 0 Å². The molecule has 2 aliphatic rings. The van der Waals surface area contributed by atoms with Crippen LogP contribution in [0.5, 0.6) is 0 Å². The number of nitrogens with one attached hydrogen (secondary N) is 2. The van der Waals surface area contributed by atoms with Gasteiger partial charge in [0.1, 0.15) is 0 Å². The van der Waals surface area contributed by atoms with E-state index in [0.29, 0.717) is 12.0 Å². The molecule has 4 rings (SSSR count). The van der Waals surface area contributed by atoms with Crippen LogP contribution in [-0.2, 0) is 4.79 Å². The molecule has 152 valence electrons. The Morgan fingerprint density at radius 2 is 2.00 bits per heavy atom. The zero-order valence-corrected chi connectivity index (χ0v) is 18.5. The van der Waals surface area contributed by atoms with Crippen LogP contribution in [0.25, 0.3) is 11.6 Å². The molecule has 1 saturated heterocycles. The largest absolute Gasteiger partial charge is 0.358 e. The van der Waals surface area contributed by atoms with E-state index in [4.69, 9.17) is 0 Å². The van der Waals surface area contributed by atoms with Gasteiger partial charge < -0.3 is 15.2 Å². The number of nitrogens with zero attached hydrogens (tertiary/aromatic N) is 1. The van der Waals surface area contributed by atoms with Gasteiger partial charge in [0.15, 0.2) is 5.78 Å². The molecular formula is C23H26BrN3O2. The number of carbonyl (C=O) groups is 2. The van der Waals surface area contributed by atoms with E-state index in [2.05, 4.69) is 31.1 Å². The predicted molar refractivity (Wildman–Crippen MR) is 120 cm³/mol. The van der Waals surface area contributed by atoms with Crippen molar-refractivity contribution < 1.29 is 9.59 Å². The van der Waals surface area contributed by atoms with Crippen molar-refractivity contribution >= 4 is 45.0 Å². The van der Waals surface area contributed by atoms with Crippen LogP contribution < -0.4 is 5.32 Å². The van der Waals surface area contributed by atoms with Crippen molar-refractivity contribution in [1.82, 2.24) is 9.88 Å². The van der Waals surface area contributed by atoms with Crippen LogP contribution in [0.1, 0.15) is 58.6 Å². The Kier molecular flexibility index (Phi) is 5.74. The number of benzene rings is 1. The molecule has 1 aromatic heterocycles. The fourth-order valence-electron chi connectivity index (χ4n) is 4.38. The van der Waals surface area contributed by atoms with Crippen molar-refractivity contribution in [3.05, 3.63) is 50.8 Å². The summed E-state index contributed by atoms with van der Waals surface area (Å²) in [5, 5.41) is 2.90. The maximum Gasteiger partial charge on any atom is 0.256 e. The minimum atomic E-state index is -0.122. The number of rotatable bonds is 6. The lowest BCUT2D eigenvalue weighted by Gasteiger charge is -2.13. The van der Waals surface area contributed by atoms with Gasteiger partial charge in [0.05, 0.1) is 5.57 Å². The SMILES string of the molecule is Cc1[nH]c(/C=C2\C(=O)Nc3ccc(Br)cc32)c(C)c1C(=O)CCCN1CCCC1. The van der Waals surface area contributed by atoms with Crippen molar-refractivity contribution in [3.63, 3.8) is 0 Å². The quantitative estimate of drug-likeness (QED) is 0.478. The van der Waals surface area contributed by atoms with Gasteiger partial charge in [-0.2, -0.15) is 0 Å². The standard InChI is InChI=1S/C23H26BrN3O2/c1-14-20(13-18-17-12-16(24)7-8-19(17)26-23(18)29)25-15(2)22(14)21(28)6-5-11-27-9-3-4-10-27/h7-8,12-13,25H,3-6,9-11H2,1-2H3,(H,26,29)/b18-13-. The highest BCUT2D eigenvalue weighted by Crippen LogP contribution is 2.35. The molecule has 2 N–H and O–H groups in total. The number of aromatic amines is 1. The summed E-state index contributed by atoms with van der Waals surface area (Å²) in [5.41, 5.74) is 5.66. The summed E-state index contributed by atoms with van der Waals surface area (Å²) in [5.74, 6) is 0.0577. The van der Waals surface area contributed by atoms with Gasteiger partial charge in [-0.3, -0.25) is 9.59 Å². The van der Waals surface area contributed by atoms with E-state index in [0.717, 1.165) is 64.3 Å². The number of halogens is 1. The van der Waals surface area contributed by atoms with Crippen molar-refractivity contribution in [2.75, 3.05) is 25.0 Å². The van der Waals surface area contributed by atoms with E-state index < -0.39 is 0 Å². The van der Waals surface area contributed by atoms with Crippen LogP contribution in [0.15, 0.2) is 22.7 Å². The molecule has 2 aromatic rings. The first-order chi connectivity index (χ1) is 13.9. The molecule has 2 aliphatic heterocycles. The summed E-state index contributed by atoms with van der Waals surface area (Å²) >= 11 is 3.47. The van der Waals surface area contributed by atoms with Crippen molar-refractivity contribution in [2.24, 2.45) is 0 Å². The number of fused-ring (bicyclic) bond motifs is 1. The Labute approximate surface area is 179 Å². The van der Waals surface area contributed by atoms with Crippen molar-refractivity contribution in [3.8, 4) is 0 Å². The minimum absolute atomic E-state index is 0.122. The number of carbonyl (C=O) groups excluding carboxylic acids is 2. The molecule has 1 fully saturated rings. The van der Waals surface area contributed by atoms with Gasteiger partial charge in [-0.1, -0.05) is 15.9 Å². The highest BCUT2D eigenvalue weighted by Gasteiger charge is 2.25. The minimum Gasteiger partial charge on any atom is -0.358 e. The highest BCUT2D eigenvalue weighted by atomic mass is 79.9. The zero-order chi connectivity index (χ0) is 20.5. The Bertz CT molecular complexity index is 1000. The molecule has 0 saturated carbocycles. The van der Waals surface area contributed by atoms with Gasteiger partial charge in [0.25, 0.3) is 5.91 Å². The molecule has 6 heteroatoms. The first-order valence-electron chi connectivity index (χ1n) is 10.2. The first-order valence-corrected chi connectivity index (χ1v) is 11.0. The average Bonchev–Trinajstić information content (AvgIpc) is 3.36. The van der Waals surface area contributed by atoms with Crippen LogP contribution in [-0.4, -0.2) is 41.2 Å². The molecular weight excluding hydrogens is 430 g/mol. The molecule has 29 heavy (non-hydrogen) atoms. The number of likely N-dealkylation sites (tertiary alicyclic amines) is 1. The number of hydrogen-bond acceptors (Lipinski definition) is 3. The number of H-pyrrole nitrogens is 1. The Balaban J connectivity index is 1.54. The summed E-state index contributed by atoms with van der Waals surface area (Å²) in [6, 6.07) is 5.74. The number of ketones is 1. The van der Waals surface area contributed by atoms with Crippen LogP contribution in [0.3, 0.4) is 0 Å². The van der Waals surface area contributed by atoms with Gasteiger partial charge in [0, 0.05) is 39.1 Å². The third-order valence-electron chi connectivity index (χ3n) is 5.89. The Morgan fingerprint density at radius 1 is 1.24 bits per heavy atom. The Hall–Kier alpha value is -2.18. The van der Waals surface area contributed by atoms with Crippen LogP contribution in [0.2, 0.25) is 0 Å². The summed E-state index contributed by atoms with van der Waals surface area (Å²) in [6.07, 6.45) is 5.85. The molecule has 0 bridgehead atoms. The van der Waals surface area contributed by atoms with Crippen molar-refractivity contribution in [2.45, 2.75) is 39.5 Å². The molecule has 1 aromatic carbocycles. The zero-order valence-electron chi connectivity index (χ0n) is 16.9. The molecule has 0 radical (unpaired) electrons. The number of amides is 1. The van der Waals surface area contributed by atoms with E-state index in [1.807, 2.05) is 38.1 Å². The first kappa shape index (κ1) is 20.1. The molecule has 5 nitrogen and oxygen atoms in total. The van der Waals surface area contributed by atoms with Crippen LogP contribution in [0.4, 0.5) is 5.69 Å². The average molecular weight is 456 g/mol. The monoisotopic (exact) mass is 455 g/mol. The second-order valence-electron chi connectivity index (χ2n) is 7.94. The van der Waals surface area contributed by atoms with E-state index in [-0.39, 0.29) is 11.7 Å². The van der Waals surface area contributed by atoms with Gasteiger partial charge in [-0.15, -0.1) is 0 Å². The van der Waals surface area contributed by atoms with E-state index in [9.17, 15) is 9.59 Å². The number of anilines is 1. The number of aromatic nitrogens is 1. The third kappa shape index (κ3) is 4.09. The fraction of sp³-hybridized carbons (Fsp3) is 0.391. The van der Waals surface area contributed by atoms with Crippen LogP contribution >= 0.6 is 15.9 Å². The van der Waals surface area contributed by atoms with Crippen molar-refractivity contribution in [1.29, 1.82) is 0 Å². The second kappa shape index (κ2) is 8.28. The second-order valence-corrected chi connectivity index (χ2v) is 8.86. The van der Waals surface area contributed by atoms with E-state index in [1.165, 1.54) is 12.8 Å². The number of hydrogen-bond donors (Lipinski definition) is 2. The van der Waals surface area contributed by atoms with Gasteiger partial charge in [0.2, 0.25) is 0 Å². The van der Waals surface area contributed by atoms with Crippen LogP contribution in [0, 0.1) is 13.8 Å². The van der Waals surface area contributed by atoms with E-state index >= 15 is 0 Å². The van der Waals surface area contributed by atoms with Gasteiger partial charge >= 0.3 is 0 Å². The van der Waals surface area contributed by atoms with Gasteiger partial charge in [-0.25, -0.2) is 0 Å². The summed E-state index contributed by atoms with van der Waals surface area (Å²) in [4.78, 5) is 31.1. The maximum atomic E-state index is 12.9. The highest BCUT2D eigenvalue weighted by molar-refractivity contribution is 9.10. The smallest absolute Gasteiger partial charge is 0.256 e. The predicted octanol–water partition coefficient (Wildman–Crippen LogP) is 4.95. The number of aryl methyl sites for hydroxylation is 1.